The fraction of sp³-hybridized carbons (Fsp3) is 0.278. The van der Waals surface area contributed by atoms with Gasteiger partial charge in [0.2, 0.25) is 0 Å². The van der Waals surface area contributed by atoms with E-state index in [0.29, 0.717) is 5.69 Å². The molecule has 0 spiro atoms. The summed E-state index contributed by atoms with van der Waals surface area (Å²) in [4.78, 5) is 23.0. The molecule has 3 rings (SSSR count). The highest BCUT2D eigenvalue weighted by atomic mass is 32.1. The maximum absolute atomic E-state index is 11.1. The van der Waals surface area contributed by atoms with E-state index < -0.39 is 5.97 Å². The molecule has 1 aliphatic heterocycles. The first kappa shape index (κ1) is 17.1. The Morgan fingerprint density at radius 1 is 1.28 bits per heavy atom. The Labute approximate surface area is 150 Å². The van der Waals surface area contributed by atoms with E-state index in [1.54, 1.807) is 23.6 Å². The highest BCUT2D eigenvalue weighted by Crippen LogP contribution is 2.22. The van der Waals surface area contributed by atoms with E-state index in [-0.39, 0.29) is 0 Å². The van der Waals surface area contributed by atoms with E-state index >= 15 is 0 Å². The van der Waals surface area contributed by atoms with Crippen LogP contribution in [0.5, 0.6) is 0 Å². The number of carbonyl (C=O) groups is 1. The molecule has 0 bridgehead atoms. The van der Waals surface area contributed by atoms with Crippen LogP contribution in [0.1, 0.15) is 16.1 Å². The van der Waals surface area contributed by atoms with Gasteiger partial charge in [0.25, 0.3) is 0 Å². The van der Waals surface area contributed by atoms with Gasteiger partial charge in [0.05, 0.1) is 23.9 Å². The van der Waals surface area contributed by atoms with Crippen LogP contribution in [0.25, 0.3) is 6.08 Å². The first-order chi connectivity index (χ1) is 12.2. The van der Waals surface area contributed by atoms with Crippen LogP contribution >= 0.6 is 11.3 Å². The monoisotopic (exact) mass is 354 g/mol. The van der Waals surface area contributed by atoms with Crippen molar-refractivity contribution in [2.24, 2.45) is 0 Å². The van der Waals surface area contributed by atoms with Crippen LogP contribution in [-0.2, 0) is 9.53 Å². The van der Waals surface area contributed by atoms with Gasteiger partial charge in [0.1, 0.15) is 0 Å². The van der Waals surface area contributed by atoms with Crippen molar-refractivity contribution in [3.8, 4) is 11.8 Å². The molecule has 7 heteroatoms. The minimum absolute atomic E-state index is 0.406. The van der Waals surface area contributed by atoms with Gasteiger partial charge in [0, 0.05) is 44.0 Å². The molecule has 1 saturated heterocycles. The van der Waals surface area contributed by atoms with Crippen molar-refractivity contribution in [3.63, 3.8) is 0 Å². The standard InChI is InChI=1S/C18H18N4O2S/c1-24-17(23)7-5-15-4-2-14(12-20-15)3-6-16-13-21-18(25-16)22-10-8-19-9-11-22/h2,4-5,7,12-13,19H,8-11H2,1H3/b7-5+. The molecule has 3 heterocycles. The molecular weight excluding hydrogens is 336 g/mol. The second-order valence-electron chi connectivity index (χ2n) is 5.32. The van der Waals surface area contributed by atoms with Gasteiger partial charge in [-0.3, -0.25) is 4.98 Å². The lowest BCUT2D eigenvalue weighted by Gasteiger charge is -2.26. The van der Waals surface area contributed by atoms with Crippen molar-refractivity contribution in [2.45, 2.75) is 0 Å². The molecule has 1 fully saturated rings. The van der Waals surface area contributed by atoms with Gasteiger partial charge in [-0.25, -0.2) is 9.78 Å². The van der Waals surface area contributed by atoms with Gasteiger partial charge in [-0.15, -0.1) is 0 Å². The summed E-state index contributed by atoms with van der Waals surface area (Å²) < 4.78 is 4.54. The van der Waals surface area contributed by atoms with E-state index in [4.69, 9.17) is 0 Å². The number of nitrogens with one attached hydrogen (secondary N) is 1. The van der Waals surface area contributed by atoms with Crippen LogP contribution in [0.2, 0.25) is 0 Å². The average molecular weight is 354 g/mol. The van der Waals surface area contributed by atoms with Crippen LogP contribution < -0.4 is 10.2 Å². The van der Waals surface area contributed by atoms with Crippen molar-refractivity contribution in [2.75, 3.05) is 38.2 Å². The van der Waals surface area contributed by atoms with Crippen molar-refractivity contribution >= 4 is 28.5 Å². The van der Waals surface area contributed by atoms with Crippen LogP contribution in [-0.4, -0.2) is 49.2 Å². The highest BCUT2D eigenvalue weighted by molar-refractivity contribution is 7.16. The number of piperazine rings is 1. The molecule has 0 saturated carbocycles. The number of esters is 1. The molecule has 0 aromatic carbocycles. The third-order valence-corrected chi connectivity index (χ3v) is 4.56. The third kappa shape index (κ3) is 4.89. The summed E-state index contributed by atoms with van der Waals surface area (Å²) in [5.74, 6) is 5.82. The van der Waals surface area contributed by atoms with Crippen LogP contribution in [0, 0.1) is 11.8 Å². The number of methoxy groups -OCH3 is 1. The maximum Gasteiger partial charge on any atom is 0.330 e. The topological polar surface area (TPSA) is 67.3 Å². The summed E-state index contributed by atoms with van der Waals surface area (Å²) >= 11 is 1.61. The molecule has 0 amide bonds. The summed E-state index contributed by atoms with van der Waals surface area (Å²) in [6.45, 7) is 3.93. The number of aromatic nitrogens is 2. The number of anilines is 1. The number of carbonyl (C=O) groups excluding carboxylic acids is 1. The van der Waals surface area contributed by atoms with Gasteiger partial charge in [-0.1, -0.05) is 17.3 Å². The number of pyridine rings is 1. The van der Waals surface area contributed by atoms with E-state index in [2.05, 4.69) is 36.8 Å². The van der Waals surface area contributed by atoms with Gasteiger partial charge in [-0.05, 0) is 24.1 Å². The zero-order valence-electron chi connectivity index (χ0n) is 13.9. The van der Waals surface area contributed by atoms with Crippen LogP contribution in [0.3, 0.4) is 0 Å². The van der Waals surface area contributed by atoms with Crippen LogP contribution in [0.4, 0.5) is 5.13 Å². The van der Waals surface area contributed by atoms with Gasteiger partial charge >= 0.3 is 5.97 Å². The Balaban J connectivity index is 1.64. The van der Waals surface area contributed by atoms with Crippen molar-refractivity contribution in [1.29, 1.82) is 0 Å². The molecule has 128 valence electrons. The molecular formula is C18H18N4O2S. The summed E-state index contributed by atoms with van der Waals surface area (Å²) in [7, 11) is 1.34. The number of rotatable bonds is 3. The fourth-order valence-electron chi connectivity index (χ4n) is 2.26. The highest BCUT2D eigenvalue weighted by Gasteiger charge is 2.13. The van der Waals surface area contributed by atoms with Gasteiger partial charge in [0.15, 0.2) is 5.13 Å². The van der Waals surface area contributed by atoms with Crippen molar-refractivity contribution in [1.82, 2.24) is 15.3 Å². The Morgan fingerprint density at radius 2 is 2.12 bits per heavy atom. The minimum Gasteiger partial charge on any atom is -0.466 e. The molecule has 25 heavy (non-hydrogen) atoms. The van der Waals surface area contributed by atoms with Gasteiger partial charge < -0.3 is 15.0 Å². The van der Waals surface area contributed by atoms with Crippen molar-refractivity contribution in [3.05, 3.63) is 46.7 Å². The molecule has 1 aliphatic rings. The fourth-order valence-corrected chi connectivity index (χ4v) is 3.08. The molecule has 2 aromatic heterocycles. The second-order valence-corrected chi connectivity index (χ2v) is 6.33. The first-order valence-corrected chi connectivity index (χ1v) is 8.72. The number of ether oxygens (including phenoxy) is 1. The van der Waals surface area contributed by atoms with E-state index in [1.807, 2.05) is 18.3 Å². The summed E-state index contributed by atoms with van der Waals surface area (Å²) in [5, 5.41) is 4.35. The summed E-state index contributed by atoms with van der Waals surface area (Å²) in [6.07, 6.45) is 6.44. The molecule has 0 unspecified atom stereocenters. The molecule has 0 atom stereocenters. The lowest BCUT2D eigenvalue weighted by molar-refractivity contribution is -0.134. The predicted molar refractivity (Wildman–Crippen MR) is 98.5 cm³/mol. The van der Waals surface area contributed by atoms with E-state index in [0.717, 1.165) is 41.8 Å². The molecule has 2 aromatic rings. The Bertz CT molecular complexity index is 812. The zero-order chi connectivity index (χ0) is 17.5. The lowest BCUT2D eigenvalue weighted by Crippen LogP contribution is -2.43. The Kier molecular flexibility index (Phi) is 5.77. The minimum atomic E-state index is -0.406. The quantitative estimate of drug-likeness (QED) is 0.512. The lowest BCUT2D eigenvalue weighted by atomic mass is 10.2. The normalized spacial score (nSPS) is 14.2. The summed E-state index contributed by atoms with van der Waals surface area (Å²) in [6, 6.07) is 3.68. The SMILES string of the molecule is COC(=O)/C=C/c1ccc(C#Cc2cnc(N3CCNCC3)s2)cn1. The number of thiazole rings is 1. The zero-order valence-corrected chi connectivity index (χ0v) is 14.7. The second kappa shape index (κ2) is 8.42. The smallest absolute Gasteiger partial charge is 0.330 e. The number of hydrogen-bond acceptors (Lipinski definition) is 7. The Morgan fingerprint density at radius 3 is 2.84 bits per heavy atom. The number of hydrogen-bond donors (Lipinski definition) is 1. The first-order valence-electron chi connectivity index (χ1n) is 7.90. The maximum atomic E-state index is 11.1. The number of nitrogens with zero attached hydrogens (tertiary/aromatic N) is 3. The van der Waals surface area contributed by atoms with Crippen LogP contribution in [0.15, 0.2) is 30.6 Å². The third-order valence-electron chi connectivity index (χ3n) is 3.59. The molecule has 6 nitrogen and oxygen atoms in total. The molecule has 0 radical (unpaired) electrons. The largest absolute Gasteiger partial charge is 0.466 e. The van der Waals surface area contributed by atoms with E-state index in [1.165, 1.54) is 13.2 Å². The van der Waals surface area contributed by atoms with Gasteiger partial charge in [-0.2, -0.15) is 0 Å². The summed E-state index contributed by atoms with van der Waals surface area (Å²) in [5.41, 5.74) is 1.49. The van der Waals surface area contributed by atoms with Crippen molar-refractivity contribution < 1.29 is 9.53 Å². The molecule has 1 N–H and O–H groups in total. The average Bonchev–Trinajstić information content (AvgIpc) is 3.15. The molecule has 0 aliphatic carbocycles. The Hall–Kier alpha value is -2.69. The van der Waals surface area contributed by atoms with E-state index in [9.17, 15) is 4.79 Å². The predicted octanol–water partition coefficient (Wildman–Crippen LogP) is 1.53.